The Bertz CT molecular complexity index is 888. The van der Waals surface area contributed by atoms with E-state index in [0.29, 0.717) is 11.6 Å². The van der Waals surface area contributed by atoms with Gasteiger partial charge >= 0.3 is 5.97 Å². The van der Waals surface area contributed by atoms with E-state index in [1.54, 1.807) is 12.1 Å². The lowest BCUT2D eigenvalue weighted by atomic mass is 9.92. The summed E-state index contributed by atoms with van der Waals surface area (Å²) < 4.78 is 2.28. The van der Waals surface area contributed by atoms with Crippen LogP contribution in [0.5, 0.6) is 0 Å². The third kappa shape index (κ3) is 2.30. The van der Waals surface area contributed by atoms with Gasteiger partial charge in [-0.2, -0.15) is 0 Å². The van der Waals surface area contributed by atoms with Crippen LogP contribution >= 0.6 is 0 Å². The quantitative estimate of drug-likeness (QED) is 0.753. The summed E-state index contributed by atoms with van der Waals surface area (Å²) in [5.41, 5.74) is 2.44. The number of carbonyl (C=O) groups is 1. The maximum atomic E-state index is 11.3. The largest absolute Gasteiger partial charge is 0.478 e. The summed E-state index contributed by atoms with van der Waals surface area (Å²) >= 11 is 0. The zero-order chi connectivity index (χ0) is 16.0. The number of carboxylic acids is 1. The number of aliphatic hydroxyl groups excluding tert-OH is 1. The lowest BCUT2D eigenvalue weighted by Crippen LogP contribution is -2.21. The predicted molar refractivity (Wildman–Crippen MR) is 89.9 cm³/mol. The fraction of sp³-hybridized carbons (Fsp3) is 0.316. The van der Waals surface area contributed by atoms with Crippen LogP contribution in [0.15, 0.2) is 42.5 Å². The van der Waals surface area contributed by atoms with Crippen molar-refractivity contribution in [3.63, 3.8) is 0 Å². The van der Waals surface area contributed by atoms with Crippen LogP contribution in [0.1, 0.15) is 42.1 Å². The fourth-order valence-electron chi connectivity index (χ4n) is 3.84. The third-order valence-electron chi connectivity index (χ3n) is 4.99. The molecule has 118 valence electrons. The van der Waals surface area contributed by atoms with Gasteiger partial charge in [-0.3, -0.25) is 0 Å². The van der Waals surface area contributed by atoms with Crippen LogP contribution < -0.4 is 0 Å². The average molecular weight is 309 g/mol. The first kappa shape index (κ1) is 14.3. The van der Waals surface area contributed by atoms with E-state index >= 15 is 0 Å². The Kier molecular flexibility index (Phi) is 3.34. The Morgan fingerprint density at radius 3 is 2.39 bits per heavy atom. The SMILES string of the molecule is O=C(O)c1ccc2c3ccccc3n([C@H]3CC[C@H](O)CC3)c2c1. The first-order chi connectivity index (χ1) is 11.1. The van der Waals surface area contributed by atoms with Crippen molar-refractivity contribution in [2.45, 2.75) is 37.8 Å². The minimum atomic E-state index is -0.900. The summed E-state index contributed by atoms with van der Waals surface area (Å²) in [5.74, 6) is -0.900. The highest BCUT2D eigenvalue weighted by molar-refractivity contribution is 6.09. The lowest BCUT2D eigenvalue weighted by molar-refractivity contribution is 0.0697. The molecule has 0 unspecified atom stereocenters. The molecule has 0 saturated heterocycles. The topological polar surface area (TPSA) is 62.5 Å². The van der Waals surface area contributed by atoms with Gasteiger partial charge in [-0.05, 0) is 43.9 Å². The van der Waals surface area contributed by atoms with E-state index in [4.69, 9.17) is 0 Å². The second-order valence-electron chi connectivity index (χ2n) is 6.39. The van der Waals surface area contributed by atoms with Crippen molar-refractivity contribution in [2.24, 2.45) is 0 Å². The van der Waals surface area contributed by atoms with E-state index in [1.165, 1.54) is 0 Å². The molecular weight excluding hydrogens is 290 g/mol. The van der Waals surface area contributed by atoms with Gasteiger partial charge < -0.3 is 14.8 Å². The molecule has 4 rings (SSSR count). The molecule has 1 heterocycles. The zero-order valence-electron chi connectivity index (χ0n) is 12.8. The Morgan fingerprint density at radius 2 is 1.65 bits per heavy atom. The number of rotatable bonds is 2. The number of aliphatic hydroxyl groups is 1. The third-order valence-corrected chi connectivity index (χ3v) is 4.99. The summed E-state index contributed by atoms with van der Waals surface area (Å²) in [5, 5.41) is 21.3. The van der Waals surface area contributed by atoms with E-state index < -0.39 is 5.97 Å². The Balaban J connectivity index is 1.97. The van der Waals surface area contributed by atoms with Crippen LogP contribution in [-0.4, -0.2) is 26.9 Å². The molecule has 1 aromatic heterocycles. The predicted octanol–water partition coefficient (Wildman–Crippen LogP) is 3.97. The molecule has 1 aliphatic carbocycles. The van der Waals surface area contributed by atoms with Crippen LogP contribution in [0, 0.1) is 0 Å². The maximum Gasteiger partial charge on any atom is 0.335 e. The number of carboxylic acid groups (broad SMARTS) is 1. The smallest absolute Gasteiger partial charge is 0.335 e. The molecule has 1 aliphatic rings. The summed E-state index contributed by atoms with van der Waals surface area (Å²) in [6.07, 6.45) is 3.25. The minimum Gasteiger partial charge on any atom is -0.478 e. The summed E-state index contributed by atoms with van der Waals surface area (Å²) in [7, 11) is 0. The first-order valence-electron chi connectivity index (χ1n) is 8.09. The lowest BCUT2D eigenvalue weighted by Gasteiger charge is -2.28. The van der Waals surface area contributed by atoms with E-state index in [-0.39, 0.29) is 6.10 Å². The van der Waals surface area contributed by atoms with Crippen molar-refractivity contribution in [2.75, 3.05) is 0 Å². The molecule has 0 bridgehead atoms. The standard InChI is InChI=1S/C19H19NO3/c21-14-8-6-13(7-9-14)20-17-4-2-1-3-15(17)16-10-5-12(19(22)23)11-18(16)20/h1-5,10-11,13-14,21H,6-9H2,(H,22,23)/t13-,14-. The minimum absolute atomic E-state index is 0.200. The molecule has 1 fully saturated rings. The van der Waals surface area contributed by atoms with E-state index in [1.807, 2.05) is 18.2 Å². The molecule has 23 heavy (non-hydrogen) atoms. The van der Waals surface area contributed by atoms with Crippen molar-refractivity contribution in [3.05, 3.63) is 48.0 Å². The highest BCUT2D eigenvalue weighted by atomic mass is 16.4. The second kappa shape index (κ2) is 5.39. The number of aromatic carboxylic acids is 1. The van der Waals surface area contributed by atoms with Gasteiger partial charge in [0.1, 0.15) is 0 Å². The number of benzene rings is 2. The molecule has 2 aromatic carbocycles. The van der Waals surface area contributed by atoms with Crippen molar-refractivity contribution >= 4 is 27.8 Å². The van der Waals surface area contributed by atoms with Crippen LogP contribution in [0.4, 0.5) is 0 Å². The highest BCUT2D eigenvalue weighted by Gasteiger charge is 2.24. The van der Waals surface area contributed by atoms with Gasteiger partial charge in [-0.15, -0.1) is 0 Å². The Morgan fingerprint density at radius 1 is 0.957 bits per heavy atom. The number of hydrogen-bond acceptors (Lipinski definition) is 2. The van der Waals surface area contributed by atoms with Crippen molar-refractivity contribution < 1.29 is 15.0 Å². The number of para-hydroxylation sites is 1. The van der Waals surface area contributed by atoms with Gasteiger partial charge in [0.05, 0.1) is 17.2 Å². The molecule has 0 atom stereocenters. The monoisotopic (exact) mass is 309 g/mol. The summed E-state index contributed by atoms with van der Waals surface area (Å²) in [6, 6.07) is 13.9. The van der Waals surface area contributed by atoms with Crippen molar-refractivity contribution in [1.82, 2.24) is 4.57 Å². The molecule has 0 aliphatic heterocycles. The van der Waals surface area contributed by atoms with E-state index in [2.05, 4.69) is 16.7 Å². The molecule has 1 saturated carbocycles. The van der Waals surface area contributed by atoms with Crippen LogP contribution in [0.3, 0.4) is 0 Å². The Hall–Kier alpha value is -2.33. The van der Waals surface area contributed by atoms with Gasteiger partial charge in [-0.1, -0.05) is 24.3 Å². The van der Waals surface area contributed by atoms with E-state index in [0.717, 1.165) is 47.5 Å². The molecule has 0 radical (unpaired) electrons. The van der Waals surface area contributed by atoms with Crippen molar-refractivity contribution in [1.29, 1.82) is 0 Å². The molecular formula is C19H19NO3. The van der Waals surface area contributed by atoms with Gasteiger partial charge in [0.15, 0.2) is 0 Å². The normalized spacial score (nSPS) is 21.8. The molecule has 3 aromatic rings. The van der Waals surface area contributed by atoms with Crippen LogP contribution in [0.25, 0.3) is 21.8 Å². The first-order valence-corrected chi connectivity index (χ1v) is 8.09. The van der Waals surface area contributed by atoms with Gasteiger partial charge in [-0.25, -0.2) is 4.79 Å². The maximum absolute atomic E-state index is 11.3. The van der Waals surface area contributed by atoms with Crippen LogP contribution in [0.2, 0.25) is 0 Å². The summed E-state index contributed by atoms with van der Waals surface area (Å²) in [6.45, 7) is 0. The molecule has 4 nitrogen and oxygen atoms in total. The number of hydrogen-bond donors (Lipinski definition) is 2. The molecule has 0 spiro atoms. The van der Waals surface area contributed by atoms with Crippen molar-refractivity contribution in [3.8, 4) is 0 Å². The zero-order valence-corrected chi connectivity index (χ0v) is 12.8. The number of fused-ring (bicyclic) bond motifs is 3. The highest BCUT2D eigenvalue weighted by Crippen LogP contribution is 2.37. The average Bonchev–Trinajstić information content (AvgIpc) is 2.89. The van der Waals surface area contributed by atoms with Crippen LogP contribution in [-0.2, 0) is 0 Å². The summed E-state index contributed by atoms with van der Waals surface area (Å²) in [4.78, 5) is 11.3. The fourth-order valence-corrected chi connectivity index (χ4v) is 3.84. The number of nitrogens with zero attached hydrogens (tertiary/aromatic N) is 1. The molecule has 4 heteroatoms. The number of aromatic nitrogens is 1. The van der Waals surface area contributed by atoms with Gasteiger partial charge in [0, 0.05) is 22.3 Å². The molecule has 2 N–H and O–H groups in total. The second-order valence-corrected chi connectivity index (χ2v) is 6.39. The Labute approximate surface area is 134 Å². The van der Waals surface area contributed by atoms with E-state index in [9.17, 15) is 15.0 Å². The molecule has 0 amide bonds. The van der Waals surface area contributed by atoms with Gasteiger partial charge in [0.2, 0.25) is 0 Å². The van der Waals surface area contributed by atoms with Gasteiger partial charge in [0.25, 0.3) is 0 Å².